The number of aromatic nitrogens is 4. The smallest absolute Gasteiger partial charge is 0.329 e. The Morgan fingerprint density at radius 1 is 0.560 bits per heavy atom. The number of ether oxygens (including phenoxy) is 1. The van der Waals surface area contributed by atoms with Gasteiger partial charge in [0.2, 0.25) is 0 Å². The van der Waals surface area contributed by atoms with Crippen molar-refractivity contribution in [2.45, 2.75) is 156 Å². The van der Waals surface area contributed by atoms with E-state index in [1.807, 2.05) is 106 Å². The molecular weight excluding hydrogens is 1000 g/mol. The maximum absolute atomic E-state index is 13.0. The summed E-state index contributed by atoms with van der Waals surface area (Å²) in [5.74, 6) is 0.296. The Labute approximate surface area is 452 Å². The number of aliphatic carboxylic acids is 1. The summed E-state index contributed by atoms with van der Waals surface area (Å²) in [6.45, 7) is 25.1. The predicted molar refractivity (Wildman–Crippen MR) is 300 cm³/mol. The topological polar surface area (TPSA) is 173 Å². The molecule has 4 aromatic carbocycles. The molecule has 13 heteroatoms. The molecule has 2 atom stereocenters. The predicted octanol–water partition coefficient (Wildman–Crippen LogP) is 13.1. The van der Waals surface area contributed by atoms with E-state index in [0.717, 1.165) is 43.8 Å². The third-order valence-corrected chi connectivity index (χ3v) is 14.1. The lowest BCUT2D eigenvalue weighted by atomic mass is 9.69. The first-order valence-electron chi connectivity index (χ1n) is 25.9. The molecule has 0 aliphatic heterocycles. The van der Waals surface area contributed by atoms with Crippen LogP contribution in [0.4, 0.5) is 0 Å². The lowest BCUT2D eigenvalue weighted by Gasteiger charge is -2.37. The van der Waals surface area contributed by atoms with Gasteiger partial charge >= 0.3 is 11.9 Å². The lowest BCUT2D eigenvalue weighted by Crippen LogP contribution is -2.45. The minimum Gasteiger partial charge on any atom is -0.480 e. The van der Waals surface area contributed by atoms with Gasteiger partial charge in [-0.15, -0.1) is 0 Å². The highest BCUT2D eigenvalue weighted by atomic mass is 79.9. The molecule has 0 spiro atoms. The number of carboxylic acid groups (broad SMARTS) is 1. The maximum atomic E-state index is 13.0. The minimum atomic E-state index is -1.07. The number of amides is 2. The maximum Gasteiger partial charge on any atom is 0.329 e. The molecule has 1 fully saturated rings. The Balaban J connectivity index is 0.000000246. The molecule has 2 aromatic heterocycles. The van der Waals surface area contributed by atoms with Crippen molar-refractivity contribution < 1.29 is 29.0 Å². The van der Waals surface area contributed by atoms with Gasteiger partial charge in [-0.25, -0.2) is 29.5 Å². The van der Waals surface area contributed by atoms with E-state index in [1.54, 1.807) is 36.7 Å². The van der Waals surface area contributed by atoms with Gasteiger partial charge in [-0.05, 0) is 143 Å². The van der Waals surface area contributed by atoms with Gasteiger partial charge in [0.25, 0.3) is 11.8 Å². The fraction of sp³-hybridized carbons (Fsp3) is 0.419. The summed E-state index contributed by atoms with van der Waals surface area (Å²) in [6.07, 6.45) is 12.6. The summed E-state index contributed by atoms with van der Waals surface area (Å²) in [5, 5.41) is 15.3. The molecular formula is C62H75BrN6O6. The monoisotopic (exact) mass is 1080 g/mol. The van der Waals surface area contributed by atoms with Crippen molar-refractivity contribution in [2.24, 2.45) is 11.3 Å². The standard InChI is InChI=1S/C34H43N3O3.C28H32BrN3O3/c1-33(2,3)27-15-11-23(12-16-27)26-20-35-30(36-21-26)24-9-7-22(8-10-24)19-29(32(39)40)37-31(38)25-13-17-28(18-14-25)34(4,5)6;1-27(2,3)21-13-11-20(12-14-21)25(33)32-23(26(34)35-28(4,5)6)15-18-7-9-19(10-8-18)24-30-16-22(29)17-31-24/h7-10,13-14,17-18,20-21,23,27,29H,11-12,15-16,19H2,1-6H3,(H,37,38)(H,39,40);7-14,16-17,23H,15H2,1-6H3,(H,32,33)/t23?,27?,29-;23-/m00/s1. The van der Waals surface area contributed by atoms with Gasteiger partial charge < -0.3 is 20.5 Å². The van der Waals surface area contributed by atoms with E-state index in [4.69, 9.17) is 4.74 Å². The number of nitrogens with zero attached hydrogens (tertiary/aromatic N) is 4. The number of halogens is 1. The van der Waals surface area contributed by atoms with Crippen molar-refractivity contribution in [3.63, 3.8) is 0 Å². The summed E-state index contributed by atoms with van der Waals surface area (Å²) >= 11 is 3.34. The van der Waals surface area contributed by atoms with Crippen LogP contribution in [0, 0.1) is 11.3 Å². The van der Waals surface area contributed by atoms with Crippen LogP contribution in [-0.4, -0.2) is 66.5 Å². The molecule has 396 valence electrons. The van der Waals surface area contributed by atoms with Gasteiger partial charge in [-0.3, -0.25) is 9.59 Å². The van der Waals surface area contributed by atoms with Gasteiger partial charge in [0.1, 0.15) is 17.7 Å². The minimum absolute atomic E-state index is 0.0124. The molecule has 12 nitrogen and oxygen atoms in total. The zero-order chi connectivity index (χ0) is 54.9. The number of benzene rings is 4. The van der Waals surface area contributed by atoms with E-state index >= 15 is 0 Å². The van der Waals surface area contributed by atoms with Crippen LogP contribution in [0.3, 0.4) is 0 Å². The molecule has 1 aliphatic carbocycles. The van der Waals surface area contributed by atoms with Crippen molar-refractivity contribution in [2.75, 3.05) is 0 Å². The quantitative estimate of drug-likeness (QED) is 0.0945. The van der Waals surface area contributed by atoms with Crippen molar-refractivity contribution in [1.82, 2.24) is 30.6 Å². The van der Waals surface area contributed by atoms with E-state index < -0.39 is 35.5 Å². The fourth-order valence-electron chi connectivity index (χ4n) is 9.00. The third-order valence-electron chi connectivity index (χ3n) is 13.6. The number of carbonyl (C=O) groups excluding carboxylic acids is 3. The second kappa shape index (κ2) is 24.4. The van der Waals surface area contributed by atoms with E-state index in [-0.39, 0.29) is 23.2 Å². The number of rotatable bonds is 13. The molecule has 2 amide bonds. The second-order valence-corrected chi connectivity index (χ2v) is 24.8. The number of nitrogens with one attached hydrogen (secondary N) is 2. The van der Waals surface area contributed by atoms with Crippen LogP contribution in [-0.2, 0) is 38.0 Å². The van der Waals surface area contributed by atoms with Crippen molar-refractivity contribution in [3.05, 3.63) is 165 Å². The molecule has 2 heterocycles. The van der Waals surface area contributed by atoms with Gasteiger partial charge in [0, 0.05) is 59.9 Å². The summed E-state index contributed by atoms with van der Waals surface area (Å²) in [7, 11) is 0. The fourth-order valence-corrected chi connectivity index (χ4v) is 9.20. The first kappa shape index (κ1) is 57.7. The molecule has 0 saturated heterocycles. The average Bonchev–Trinajstić information content (AvgIpc) is 3.35. The van der Waals surface area contributed by atoms with E-state index in [2.05, 4.69) is 109 Å². The molecule has 75 heavy (non-hydrogen) atoms. The Hall–Kier alpha value is -6.60. The Morgan fingerprint density at radius 2 is 0.947 bits per heavy atom. The first-order valence-corrected chi connectivity index (χ1v) is 26.7. The highest BCUT2D eigenvalue weighted by Gasteiger charge is 2.31. The molecule has 3 N–H and O–H groups in total. The van der Waals surface area contributed by atoms with Crippen LogP contribution in [0.15, 0.2) is 126 Å². The summed E-state index contributed by atoms with van der Waals surface area (Å²) in [5.41, 5.74) is 7.48. The van der Waals surface area contributed by atoms with Gasteiger partial charge in [-0.1, -0.05) is 135 Å². The lowest BCUT2D eigenvalue weighted by molar-refractivity contribution is -0.157. The SMILES string of the molecule is CC(C)(C)OC(=O)[C@H](Cc1ccc(-c2ncc(Br)cn2)cc1)NC(=O)c1ccc(C(C)(C)C)cc1.CC(C)(C)c1ccc(C(=O)N[C@@H](Cc2ccc(-c3ncc(C4CCC(C(C)(C)C)CC4)cn3)cc2)C(=O)O)cc1. The molecule has 0 bridgehead atoms. The zero-order valence-electron chi connectivity index (χ0n) is 45.8. The van der Waals surface area contributed by atoms with Gasteiger partial charge in [0.05, 0.1) is 4.47 Å². The largest absolute Gasteiger partial charge is 0.480 e. The highest BCUT2D eigenvalue weighted by molar-refractivity contribution is 9.10. The normalized spacial score (nSPS) is 15.9. The molecule has 0 unspecified atom stereocenters. The van der Waals surface area contributed by atoms with Crippen LogP contribution in [0.25, 0.3) is 22.8 Å². The summed E-state index contributed by atoms with van der Waals surface area (Å²) in [4.78, 5) is 68.6. The molecule has 1 aliphatic rings. The third kappa shape index (κ3) is 17.0. The zero-order valence-corrected chi connectivity index (χ0v) is 47.3. The van der Waals surface area contributed by atoms with Crippen molar-refractivity contribution in [3.8, 4) is 22.8 Å². The Kier molecular flexibility index (Phi) is 18.7. The van der Waals surface area contributed by atoms with Crippen LogP contribution in [0.5, 0.6) is 0 Å². The molecule has 7 rings (SSSR count). The number of esters is 1. The number of carboxylic acids is 1. The van der Waals surface area contributed by atoms with Crippen molar-refractivity contribution in [1.29, 1.82) is 0 Å². The summed E-state index contributed by atoms with van der Waals surface area (Å²) in [6, 6.07) is 28.1. The number of hydrogen-bond acceptors (Lipinski definition) is 9. The summed E-state index contributed by atoms with van der Waals surface area (Å²) < 4.78 is 6.41. The van der Waals surface area contributed by atoms with Crippen LogP contribution in [0.2, 0.25) is 0 Å². The molecule has 6 aromatic rings. The molecule has 0 radical (unpaired) electrons. The van der Waals surface area contributed by atoms with Crippen LogP contribution in [0.1, 0.15) is 163 Å². The molecule has 1 saturated carbocycles. The van der Waals surface area contributed by atoms with Crippen LogP contribution < -0.4 is 10.6 Å². The van der Waals surface area contributed by atoms with Gasteiger partial charge in [0.15, 0.2) is 11.6 Å². The Bertz CT molecular complexity index is 2850. The van der Waals surface area contributed by atoms with E-state index in [0.29, 0.717) is 40.5 Å². The average molecular weight is 1080 g/mol. The van der Waals surface area contributed by atoms with E-state index in [1.165, 1.54) is 31.2 Å². The van der Waals surface area contributed by atoms with Gasteiger partial charge in [-0.2, -0.15) is 0 Å². The second-order valence-electron chi connectivity index (χ2n) is 23.9. The Morgan fingerprint density at radius 3 is 1.32 bits per heavy atom. The van der Waals surface area contributed by atoms with Crippen LogP contribution >= 0.6 is 15.9 Å². The van der Waals surface area contributed by atoms with E-state index in [9.17, 15) is 24.3 Å². The van der Waals surface area contributed by atoms with Crippen molar-refractivity contribution >= 4 is 39.7 Å². The first-order chi connectivity index (χ1) is 35.1. The highest BCUT2D eigenvalue weighted by Crippen LogP contribution is 2.43. The number of carbonyl (C=O) groups is 4. The number of hydrogen-bond donors (Lipinski definition) is 3.